The van der Waals surface area contributed by atoms with Gasteiger partial charge in [-0.3, -0.25) is 0 Å². The second-order valence-corrected chi connectivity index (χ2v) is 3.80. The van der Waals surface area contributed by atoms with E-state index < -0.39 is 6.10 Å². The Morgan fingerprint density at radius 3 is 3.06 bits per heavy atom. The first-order valence-electron chi connectivity index (χ1n) is 5.08. The van der Waals surface area contributed by atoms with Crippen molar-refractivity contribution in [2.75, 3.05) is 0 Å². The Morgan fingerprint density at radius 1 is 1.24 bits per heavy atom. The highest BCUT2D eigenvalue weighted by molar-refractivity contribution is 5.73. The fraction of sp³-hybridized carbons (Fsp3) is 0.100. The summed E-state index contributed by atoms with van der Waals surface area (Å²) in [6.45, 7) is 0. The molecule has 4 rings (SSSR count). The monoisotopic (exact) mass is 226 g/mol. The van der Waals surface area contributed by atoms with Crippen molar-refractivity contribution in [3.8, 4) is 11.3 Å². The lowest BCUT2D eigenvalue weighted by Crippen LogP contribution is -2.03. The molecule has 0 amide bonds. The van der Waals surface area contributed by atoms with Crippen molar-refractivity contribution in [1.82, 2.24) is 30.2 Å². The maximum absolute atomic E-state index is 10.2. The zero-order valence-corrected chi connectivity index (χ0v) is 8.52. The van der Waals surface area contributed by atoms with Crippen LogP contribution in [0.15, 0.2) is 24.3 Å². The van der Waals surface area contributed by atoms with Crippen LogP contribution in [0.1, 0.15) is 17.4 Å². The number of rotatable bonds is 0. The number of hydrogen-bond donors (Lipinski definition) is 1. The van der Waals surface area contributed by atoms with Crippen molar-refractivity contribution in [3.05, 3.63) is 35.5 Å². The normalized spacial score (nSPS) is 17.1. The molecule has 1 aliphatic carbocycles. The molecule has 3 aromatic rings. The van der Waals surface area contributed by atoms with Gasteiger partial charge < -0.3 is 5.11 Å². The molecule has 82 valence electrons. The van der Waals surface area contributed by atoms with Gasteiger partial charge in [0.2, 0.25) is 0 Å². The molecule has 0 spiro atoms. The Kier molecular flexibility index (Phi) is 1.45. The van der Waals surface area contributed by atoms with Crippen LogP contribution in [-0.2, 0) is 0 Å². The van der Waals surface area contributed by atoms with E-state index in [4.69, 9.17) is 0 Å². The van der Waals surface area contributed by atoms with Crippen molar-refractivity contribution >= 4 is 5.78 Å². The van der Waals surface area contributed by atoms with Gasteiger partial charge in [-0.25, -0.2) is 4.98 Å². The average molecular weight is 226 g/mol. The van der Waals surface area contributed by atoms with Crippen LogP contribution in [0.3, 0.4) is 0 Å². The molecule has 0 fully saturated rings. The number of aromatic nitrogens is 6. The van der Waals surface area contributed by atoms with Gasteiger partial charge >= 0.3 is 0 Å². The molecule has 1 atom stereocenters. The van der Waals surface area contributed by atoms with Crippen LogP contribution in [0.2, 0.25) is 0 Å². The highest BCUT2D eigenvalue weighted by Crippen LogP contribution is 2.40. The Bertz CT molecular complexity index is 736. The zero-order chi connectivity index (χ0) is 11.4. The number of nitrogens with zero attached hydrogens (tertiary/aromatic N) is 6. The molecular formula is C10H6N6O. The van der Waals surface area contributed by atoms with Crippen LogP contribution < -0.4 is 0 Å². The summed E-state index contributed by atoms with van der Waals surface area (Å²) in [4.78, 5) is 4.23. The highest BCUT2D eigenvalue weighted by atomic mass is 16.3. The summed E-state index contributed by atoms with van der Waals surface area (Å²) in [5.74, 6) is 0.288. The number of benzene rings is 1. The lowest BCUT2D eigenvalue weighted by molar-refractivity contribution is 0.220. The first-order valence-corrected chi connectivity index (χ1v) is 5.08. The number of tetrazole rings is 1. The summed E-state index contributed by atoms with van der Waals surface area (Å²) in [7, 11) is 0. The van der Waals surface area contributed by atoms with E-state index in [0.717, 1.165) is 11.1 Å². The minimum absolute atomic E-state index is 0.288. The first kappa shape index (κ1) is 8.71. The molecule has 0 aliphatic heterocycles. The molecule has 0 bridgehead atoms. The van der Waals surface area contributed by atoms with E-state index in [0.29, 0.717) is 11.4 Å². The van der Waals surface area contributed by atoms with Crippen molar-refractivity contribution in [1.29, 1.82) is 0 Å². The van der Waals surface area contributed by atoms with Crippen LogP contribution in [-0.4, -0.2) is 35.3 Å². The van der Waals surface area contributed by atoms with Crippen LogP contribution in [0.5, 0.6) is 0 Å². The number of fused-ring (bicyclic) bond motifs is 4. The molecular weight excluding hydrogens is 220 g/mol. The van der Waals surface area contributed by atoms with E-state index in [9.17, 15) is 5.11 Å². The smallest absolute Gasteiger partial charge is 0.291 e. The van der Waals surface area contributed by atoms with Crippen molar-refractivity contribution < 1.29 is 5.11 Å². The predicted octanol–water partition coefficient (Wildman–Crippen LogP) is -0.0236. The van der Waals surface area contributed by atoms with Gasteiger partial charge in [-0.2, -0.15) is 0 Å². The average Bonchev–Trinajstić information content (AvgIpc) is 2.92. The fourth-order valence-corrected chi connectivity index (χ4v) is 2.10. The molecule has 1 N–H and O–H groups in total. The molecule has 17 heavy (non-hydrogen) atoms. The Hall–Kier alpha value is -2.41. The lowest BCUT2D eigenvalue weighted by atomic mass is 10.1. The third kappa shape index (κ3) is 1.01. The van der Waals surface area contributed by atoms with E-state index in [1.165, 1.54) is 4.63 Å². The van der Waals surface area contributed by atoms with Gasteiger partial charge in [0.1, 0.15) is 17.5 Å². The highest BCUT2D eigenvalue weighted by Gasteiger charge is 2.30. The van der Waals surface area contributed by atoms with Crippen LogP contribution in [0.4, 0.5) is 0 Å². The molecule has 7 nitrogen and oxygen atoms in total. The van der Waals surface area contributed by atoms with Crippen molar-refractivity contribution in [2.45, 2.75) is 6.10 Å². The second-order valence-electron chi connectivity index (χ2n) is 3.80. The number of hydrogen-bond acceptors (Lipinski definition) is 6. The molecule has 2 aromatic heterocycles. The van der Waals surface area contributed by atoms with Crippen LogP contribution in [0, 0.1) is 0 Å². The molecule has 1 aromatic carbocycles. The summed E-state index contributed by atoms with van der Waals surface area (Å²) in [6.07, 6.45) is -0.754. The van der Waals surface area contributed by atoms with E-state index in [1.807, 2.05) is 24.3 Å². The molecule has 2 heterocycles. The van der Waals surface area contributed by atoms with Gasteiger partial charge in [0, 0.05) is 5.56 Å². The Balaban J connectivity index is 2.12. The van der Waals surface area contributed by atoms with Gasteiger partial charge in [0.25, 0.3) is 5.78 Å². The summed E-state index contributed by atoms with van der Waals surface area (Å²) in [6, 6.07) is 7.53. The maximum atomic E-state index is 10.2. The molecule has 1 unspecified atom stereocenters. The summed E-state index contributed by atoms with van der Waals surface area (Å²) >= 11 is 0. The van der Waals surface area contributed by atoms with Gasteiger partial charge in [0.05, 0.1) is 0 Å². The Morgan fingerprint density at radius 2 is 2.12 bits per heavy atom. The minimum atomic E-state index is -0.754. The summed E-state index contributed by atoms with van der Waals surface area (Å²) in [5.41, 5.74) is 2.82. The molecule has 7 heteroatoms. The van der Waals surface area contributed by atoms with Gasteiger partial charge in [-0.15, -0.1) is 5.10 Å². The third-order valence-corrected chi connectivity index (χ3v) is 2.87. The zero-order valence-electron chi connectivity index (χ0n) is 8.52. The van der Waals surface area contributed by atoms with Crippen LogP contribution in [0.25, 0.3) is 17.0 Å². The SMILES string of the molecule is OC1c2ccccc2-c2nn3nnnc3nc21. The summed E-state index contributed by atoms with van der Waals surface area (Å²) in [5, 5.41) is 25.3. The minimum Gasteiger partial charge on any atom is -0.382 e. The lowest BCUT2D eigenvalue weighted by Gasteiger charge is -2.02. The molecule has 0 radical (unpaired) electrons. The Labute approximate surface area is 94.7 Å². The van der Waals surface area contributed by atoms with E-state index in [-0.39, 0.29) is 5.78 Å². The largest absolute Gasteiger partial charge is 0.382 e. The standard InChI is InChI=1S/C10H6N6O/c17-9-6-4-2-1-3-5(6)7-8(9)11-10-12-14-15-16(10)13-7/h1-4,9,17H. The number of aliphatic hydroxyl groups is 1. The molecule has 1 aliphatic rings. The van der Waals surface area contributed by atoms with Gasteiger partial charge in [-0.05, 0) is 16.0 Å². The molecule has 0 saturated carbocycles. The molecule has 0 saturated heterocycles. The van der Waals surface area contributed by atoms with E-state index in [2.05, 4.69) is 25.6 Å². The van der Waals surface area contributed by atoms with Gasteiger partial charge in [0.15, 0.2) is 0 Å². The van der Waals surface area contributed by atoms with Crippen molar-refractivity contribution in [3.63, 3.8) is 0 Å². The summed E-state index contributed by atoms with van der Waals surface area (Å²) < 4.78 is 1.26. The third-order valence-electron chi connectivity index (χ3n) is 2.87. The first-order chi connectivity index (χ1) is 8.34. The quantitative estimate of drug-likeness (QED) is 0.579. The van der Waals surface area contributed by atoms with E-state index in [1.54, 1.807) is 0 Å². The fourth-order valence-electron chi connectivity index (χ4n) is 2.10. The topological polar surface area (TPSA) is 89.1 Å². The predicted molar refractivity (Wildman–Crippen MR) is 55.9 cm³/mol. The van der Waals surface area contributed by atoms with E-state index >= 15 is 0 Å². The van der Waals surface area contributed by atoms with Crippen LogP contribution >= 0.6 is 0 Å². The second kappa shape index (κ2) is 2.83. The number of aliphatic hydroxyl groups excluding tert-OH is 1. The van der Waals surface area contributed by atoms with Crippen molar-refractivity contribution in [2.24, 2.45) is 0 Å². The van der Waals surface area contributed by atoms with Gasteiger partial charge in [-0.1, -0.05) is 34.0 Å². The maximum Gasteiger partial charge on any atom is 0.291 e.